The molecule has 0 bridgehead atoms. The number of alkyl halides is 3. The molecular formula is C32H34F3N7O. The van der Waals surface area contributed by atoms with Crippen molar-refractivity contribution >= 4 is 23.2 Å². The Kier molecular flexibility index (Phi) is 9.02. The number of likely N-dealkylation sites (tertiary alicyclic amines) is 1. The molecule has 5 rings (SSSR count). The Hall–Kier alpha value is -4.35. The van der Waals surface area contributed by atoms with Gasteiger partial charge in [0.25, 0.3) is 5.91 Å². The second-order valence-corrected chi connectivity index (χ2v) is 11.1. The van der Waals surface area contributed by atoms with Crippen molar-refractivity contribution in [1.82, 2.24) is 24.8 Å². The summed E-state index contributed by atoms with van der Waals surface area (Å²) in [5.74, 6) is 0.151. The van der Waals surface area contributed by atoms with E-state index in [1.807, 2.05) is 33.2 Å². The van der Waals surface area contributed by atoms with E-state index in [1.165, 1.54) is 12.1 Å². The number of pyridine rings is 1. The van der Waals surface area contributed by atoms with Crippen LogP contribution in [-0.2, 0) is 12.7 Å². The van der Waals surface area contributed by atoms with Gasteiger partial charge in [-0.1, -0.05) is 12.1 Å². The summed E-state index contributed by atoms with van der Waals surface area (Å²) in [6.07, 6.45) is 1.39. The standard InChI is InChI=1S/C32H34F3N7O/c1-21-6-9-26(16-29(21)40-31-37-13-10-28(39-31)24-5-4-12-36-17-24)38-30(43)23-7-8-25(27(15-23)32(33,34)35)20-42-14-11-22(19-42)18-41(2)3/h4-10,12-13,15-17,22H,11,14,18-20H2,1-3H3,(H,38,43)(H,37,39,40). The van der Waals surface area contributed by atoms with Gasteiger partial charge in [0.2, 0.25) is 5.95 Å². The summed E-state index contributed by atoms with van der Waals surface area (Å²) in [4.78, 5) is 30.2. The lowest BCUT2D eigenvalue weighted by Crippen LogP contribution is -2.26. The molecule has 8 nitrogen and oxygen atoms in total. The maximum Gasteiger partial charge on any atom is 0.416 e. The molecule has 2 aromatic heterocycles. The van der Waals surface area contributed by atoms with Gasteiger partial charge in [0.15, 0.2) is 0 Å². The highest BCUT2D eigenvalue weighted by Crippen LogP contribution is 2.34. The van der Waals surface area contributed by atoms with E-state index >= 15 is 0 Å². The van der Waals surface area contributed by atoms with Crippen LogP contribution in [0.1, 0.15) is 33.5 Å². The number of benzene rings is 2. The monoisotopic (exact) mass is 589 g/mol. The minimum absolute atomic E-state index is 0.0643. The largest absolute Gasteiger partial charge is 0.416 e. The second kappa shape index (κ2) is 12.9. The Morgan fingerprint density at radius 1 is 1.09 bits per heavy atom. The molecule has 11 heteroatoms. The number of aromatic nitrogens is 3. The first-order valence-corrected chi connectivity index (χ1v) is 14.0. The van der Waals surface area contributed by atoms with E-state index in [-0.39, 0.29) is 17.7 Å². The van der Waals surface area contributed by atoms with E-state index in [9.17, 15) is 18.0 Å². The van der Waals surface area contributed by atoms with Crippen LogP contribution in [0.5, 0.6) is 0 Å². The number of anilines is 3. The molecule has 3 heterocycles. The molecule has 1 aliphatic heterocycles. The van der Waals surface area contributed by atoms with Crippen molar-refractivity contribution in [2.24, 2.45) is 5.92 Å². The third kappa shape index (κ3) is 7.74. The average molecular weight is 590 g/mol. The van der Waals surface area contributed by atoms with E-state index in [0.717, 1.165) is 43.2 Å². The summed E-state index contributed by atoms with van der Waals surface area (Å²) in [7, 11) is 4.00. The number of hydrogen-bond acceptors (Lipinski definition) is 7. The summed E-state index contributed by atoms with van der Waals surface area (Å²) in [6.45, 7) is 4.48. The van der Waals surface area contributed by atoms with Crippen LogP contribution in [0.3, 0.4) is 0 Å². The first kappa shape index (κ1) is 30.1. The SMILES string of the molecule is Cc1ccc(NC(=O)c2ccc(CN3CCC(CN(C)C)C3)c(C(F)(F)F)c2)cc1Nc1nccc(-c2cccnc2)n1. The van der Waals surface area contributed by atoms with Crippen LogP contribution in [0.25, 0.3) is 11.3 Å². The van der Waals surface area contributed by atoms with Crippen molar-refractivity contribution in [3.63, 3.8) is 0 Å². The molecule has 2 aromatic carbocycles. The van der Waals surface area contributed by atoms with E-state index in [4.69, 9.17) is 0 Å². The first-order chi connectivity index (χ1) is 20.5. The van der Waals surface area contributed by atoms with Crippen molar-refractivity contribution < 1.29 is 18.0 Å². The zero-order valence-corrected chi connectivity index (χ0v) is 24.3. The van der Waals surface area contributed by atoms with Crippen molar-refractivity contribution in [2.45, 2.75) is 26.1 Å². The number of nitrogens with zero attached hydrogens (tertiary/aromatic N) is 5. The quantitative estimate of drug-likeness (QED) is 0.239. The number of halogens is 3. The molecule has 1 unspecified atom stereocenters. The lowest BCUT2D eigenvalue weighted by molar-refractivity contribution is -0.138. The molecule has 224 valence electrons. The van der Waals surface area contributed by atoms with Gasteiger partial charge in [-0.3, -0.25) is 14.7 Å². The number of carbonyl (C=O) groups is 1. The molecule has 0 saturated carbocycles. The van der Waals surface area contributed by atoms with Gasteiger partial charge >= 0.3 is 6.18 Å². The predicted molar refractivity (Wildman–Crippen MR) is 161 cm³/mol. The highest BCUT2D eigenvalue weighted by molar-refractivity contribution is 6.04. The van der Waals surface area contributed by atoms with E-state index in [1.54, 1.807) is 42.9 Å². The lowest BCUT2D eigenvalue weighted by atomic mass is 10.0. The highest BCUT2D eigenvalue weighted by atomic mass is 19.4. The van der Waals surface area contributed by atoms with Crippen LogP contribution in [-0.4, -0.2) is 64.4 Å². The molecule has 4 aromatic rings. The van der Waals surface area contributed by atoms with Gasteiger partial charge in [-0.2, -0.15) is 13.2 Å². The average Bonchev–Trinajstić information content (AvgIpc) is 3.41. The summed E-state index contributed by atoms with van der Waals surface area (Å²) >= 11 is 0. The third-order valence-corrected chi connectivity index (χ3v) is 7.42. The van der Waals surface area contributed by atoms with Gasteiger partial charge in [-0.05, 0) is 93.5 Å². The molecule has 1 fully saturated rings. The molecule has 43 heavy (non-hydrogen) atoms. The van der Waals surface area contributed by atoms with Crippen molar-refractivity contribution in [3.05, 3.63) is 95.4 Å². The number of aryl methyl sites for hydroxylation is 1. The van der Waals surface area contributed by atoms with Gasteiger partial charge in [0.05, 0.1) is 11.3 Å². The topological polar surface area (TPSA) is 86.3 Å². The van der Waals surface area contributed by atoms with E-state index in [0.29, 0.717) is 28.9 Å². The predicted octanol–water partition coefficient (Wildman–Crippen LogP) is 6.25. The lowest BCUT2D eigenvalue weighted by Gasteiger charge is -2.21. The molecule has 1 aliphatic rings. The molecule has 1 atom stereocenters. The number of rotatable bonds is 9. The Labute approximate surface area is 249 Å². The maximum absolute atomic E-state index is 14.1. The molecule has 2 N–H and O–H groups in total. The molecule has 0 aliphatic carbocycles. The summed E-state index contributed by atoms with van der Waals surface area (Å²) in [5, 5.41) is 5.90. The number of carbonyl (C=O) groups excluding carboxylic acids is 1. The summed E-state index contributed by atoms with van der Waals surface area (Å²) < 4.78 is 42.3. The molecule has 0 radical (unpaired) electrons. The van der Waals surface area contributed by atoms with Crippen molar-refractivity contribution in [2.75, 3.05) is 44.4 Å². The number of nitrogens with one attached hydrogen (secondary N) is 2. The van der Waals surface area contributed by atoms with Crippen LogP contribution in [0.4, 0.5) is 30.5 Å². The fraction of sp³-hybridized carbons (Fsp3) is 0.312. The van der Waals surface area contributed by atoms with Gasteiger partial charge in [0, 0.05) is 60.7 Å². The van der Waals surface area contributed by atoms with Crippen LogP contribution >= 0.6 is 0 Å². The second-order valence-electron chi connectivity index (χ2n) is 11.1. The minimum atomic E-state index is -4.58. The van der Waals surface area contributed by atoms with Crippen LogP contribution < -0.4 is 10.6 Å². The van der Waals surface area contributed by atoms with Gasteiger partial charge in [0.1, 0.15) is 0 Å². The van der Waals surface area contributed by atoms with Crippen LogP contribution in [0.2, 0.25) is 0 Å². The molecule has 0 spiro atoms. The highest BCUT2D eigenvalue weighted by Gasteiger charge is 2.35. The Balaban J connectivity index is 1.30. The fourth-order valence-electron chi connectivity index (χ4n) is 5.33. The molecule has 1 amide bonds. The maximum atomic E-state index is 14.1. The van der Waals surface area contributed by atoms with Gasteiger partial charge in [-0.15, -0.1) is 0 Å². The minimum Gasteiger partial charge on any atom is -0.324 e. The van der Waals surface area contributed by atoms with Crippen molar-refractivity contribution in [1.29, 1.82) is 0 Å². The molecule has 1 saturated heterocycles. The van der Waals surface area contributed by atoms with E-state index < -0.39 is 17.6 Å². The normalized spacial score (nSPS) is 15.6. The smallest absolute Gasteiger partial charge is 0.324 e. The summed E-state index contributed by atoms with van der Waals surface area (Å²) in [6, 6.07) is 14.5. The first-order valence-electron chi connectivity index (χ1n) is 14.0. The molecular weight excluding hydrogens is 555 g/mol. The van der Waals surface area contributed by atoms with E-state index in [2.05, 4.69) is 35.4 Å². The van der Waals surface area contributed by atoms with Crippen LogP contribution in [0.15, 0.2) is 73.2 Å². The Morgan fingerprint density at radius 3 is 2.67 bits per heavy atom. The number of hydrogen-bond donors (Lipinski definition) is 2. The van der Waals surface area contributed by atoms with Gasteiger partial charge in [-0.25, -0.2) is 9.97 Å². The van der Waals surface area contributed by atoms with Crippen LogP contribution in [0, 0.1) is 12.8 Å². The Morgan fingerprint density at radius 2 is 1.93 bits per heavy atom. The zero-order valence-electron chi connectivity index (χ0n) is 24.3. The van der Waals surface area contributed by atoms with Crippen molar-refractivity contribution in [3.8, 4) is 11.3 Å². The third-order valence-electron chi connectivity index (χ3n) is 7.42. The fourth-order valence-corrected chi connectivity index (χ4v) is 5.33. The Bertz CT molecular complexity index is 1580. The zero-order chi connectivity index (χ0) is 30.6. The number of amides is 1. The summed E-state index contributed by atoms with van der Waals surface area (Å²) in [5.41, 5.74) is 2.78. The van der Waals surface area contributed by atoms with Gasteiger partial charge < -0.3 is 15.5 Å².